The first-order chi connectivity index (χ1) is 40.0. The van der Waals surface area contributed by atoms with Gasteiger partial charge in [0.1, 0.15) is 0 Å². The Bertz CT molecular complexity index is 1270. The van der Waals surface area contributed by atoms with Crippen molar-refractivity contribution >= 4 is 11.9 Å². The van der Waals surface area contributed by atoms with Crippen molar-refractivity contribution < 1.29 is 24.5 Å². The highest BCUT2D eigenvalue weighted by Crippen LogP contribution is 2.19. The van der Waals surface area contributed by atoms with Gasteiger partial charge in [-0.3, -0.25) is 9.59 Å². The summed E-state index contributed by atoms with van der Waals surface area (Å²) in [4.78, 5) is 24.6. The molecular formula is C75H145NO5. The molecule has 0 rings (SSSR count). The van der Waals surface area contributed by atoms with Crippen molar-refractivity contribution in [1.29, 1.82) is 0 Å². The Morgan fingerprint density at radius 2 is 0.617 bits per heavy atom. The third-order valence-electron chi connectivity index (χ3n) is 17.5. The van der Waals surface area contributed by atoms with Gasteiger partial charge in [-0.2, -0.15) is 0 Å². The highest BCUT2D eigenvalue weighted by atomic mass is 16.5. The second-order valence-corrected chi connectivity index (χ2v) is 25.6. The topological polar surface area (TPSA) is 95.9 Å². The summed E-state index contributed by atoms with van der Waals surface area (Å²) in [6.07, 6.45) is 89.5. The van der Waals surface area contributed by atoms with Crippen LogP contribution >= 0.6 is 0 Å². The monoisotopic (exact) mass is 1140 g/mol. The van der Waals surface area contributed by atoms with Gasteiger partial charge in [0, 0.05) is 12.8 Å². The molecule has 3 N–H and O–H groups in total. The predicted octanol–water partition coefficient (Wildman–Crippen LogP) is 24.1. The molecule has 0 aliphatic heterocycles. The van der Waals surface area contributed by atoms with E-state index >= 15 is 0 Å². The van der Waals surface area contributed by atoms with Gasteiger partial charge in [0.25, 0.3) is 0 Å². The van der Waals surface area contributed by atoms with Crippen LogP contribution in [0.15, 0.2) is 24.3 Å². The van der Waals surface area contributed by atoms with E-state index in [1.165, 1.54) is 340 Å². The highest BCUT2D eigenvalue weighted by molar-refractivity contribution is 5.76. The number of allylic oxidation sites excluding steroid dienone is 4. The third kappa shape index (κ3) is 67.3. The molecule has 6 nitrogen and oxygen atoms in total. The molecule has 0 aromatic heterocycles. The van der Waals surface area contributed by atoms with Crippen molar-refractivity contribution in [1.82, 2.24) is 5.32 Å². The van der Waals surface area contributed by atoms with Crippen LogP contribution in [0.4, 0.5) is 0 Å². The molecule has 6 heteroatoms. The fourth-order valence-corrected chi connectivity index (χ4v) is 11.9. The lowest BCUT2D eigenvalue weighted by atomic mass is 10.0. The van der Waals surface area contributed by atoms with E-state index in [0.29, 0.717) is 25.9 Å². The molecule has 0 bridgehead atoms. The summed E-state index contributed by atoms with van der Waals surface area (Å²) >= 11 is 0. The Hall–Kier alpha value is -1.66. The Morgan fingerprint density at radius 1 is 0.346 bits per heavy atom. The van der Waals surface area contributed by atoms with Crippen LogP contribution in [-0.2, 0) is 14.3 Å². The molecule has 0 spiro atoms. The molecule has 480 valence electrons. The fourth-order valence-electron chi connectivity index (χ4n) is 11.9. The van der Waals surface area contributed by atoms with Gasteiger partial charge < -0.3 is 20.3 Å². The standard InChI is InChI=1S/C75H145NO5/c1-3-5-7-9-11-13-15-17-19-20-21-22-30-33-36-40-43-47-51-55-59-63-67-73(78)72(71-77)76-74(79)68-64-60-56-52-48-44-41-37-34-31-28-26-24-23-25-27-29-32-35-38-42-46-50-54-58-62-66-70-81-75(80)69-65-61-57-53-49-45-39-18-16-14-12-10-8-6-4-2/h23-24,27,29,72-73,77-78H,3-22,25-26,28,30-71H2,1-2H3,(H,76,79)/b24-23-,29-27-. The van der Waals surface area contributed by atoms with Crippen molar-refractivity contribution in [3.63, 3.8) is 0 Å². The van der Waals surface area contributed by atoms with Crippen molar-refractivity contribution in [2.24, 2.45) is 0 Å². The minimum atomic E-state index is -0.668. The lowest BCUT2D eigenvalue weighted by Crippen LogP contribution is -2.45. The summed E-state index contributed by atoms with van der Waals surface area (Å²) in [5.41, 5.74) is 0. The SMILES string of the molecule is CCCCCCCCCCCCCCCCCCCCCCCCC(O)C(CO)NC(=O)CCCCCCCCCCCCC/C=C\C/C=C\CCCCCCCCCCCOC(=O)CCCCCCCCCCCCCCCCC. The van der Waals surface area contributed by atoms with Gasteiger partial charge in [-0.25, -0.2) is 0 Å². The lowest BCUT2D eigenvalue weighted by Gasteiger charge is -2.22. The van der Waals surface area contributed by atoms with Gasteiger partial charge in [-0.05, 0) is 57.8 Å². The summed E-state index contributed by atoms with van der Waals surface area (Å²) in [6, 6.07) is -0.545. The van der Waals surface area contributed by atoms with Gasteiger partial charge in [0.2, 0.25) is 5.91 Å². The first-order valence-corrected chi connectivity index (χ1v) is 37.1. The first-order valence-electron chi connectivity index (χ1n) is 37.1. The van der Waals surface area contributed by atoms with E-state index < -0.39 is 12.1 Å². The van der Waals surface area contributed by atoms with E-state index in [2.05, 4.69) is 43.5 Å². The van der Waals surface area contributed by atoms with Gasteiger partial charge >= 0.3 is 5.97 Å². The molecule has 0 aliphatic rings. The molecule has 2 unspecified atom stereocenters. The van der Waals surface area contributed by atoms with E-state index in [-0.39, 0.29) is 18.5 Å². The van der Waals surface area contributed by atoms with Crippen molar-refractivity contribution in [2.45, 2.75) is 431 Å². The highest BCUT2D eigenvalue weighted by Gasteiger charge is 2.20. The number of unbranched alkanes of at least 4 members (excludes halogenated alkanes) is 55. The minimum Gasteiger partial charge on any atom is -0.466 e. The van der Waals surface area contributed by atoms with Crippen LogP contribution in [0, 0.1) is 0 Å². The Morgan fingerprint density at radius 3 is 0.938 bits per heavy atom. The third-order valence-corrected chi connectivity index (χ3v) is 17.5. The summed E-state index contributed by atoms with van der Waals surface area (Å²) in [5.74, 6) is -0.0188. The molecule has 0 saturated carbocycles. The number of hydrogen-bond donors (Lipinski definition) is 3. The van der Waals surface area contributed by atoms with E-state index in [4.69, 9.17) is 4.74 Å². The van der Waals surface area contributed by atoms with Crippen LogP contribution in [0.3, 0.4) is 0 Å². The van der Waals surface area contributed by atoms with Crippen LogP contribution in [-0.4, -0.2) is 47.4 Å². The summed E-state index contributed by atoms with van der Waals surface area (Å²) in [5, 5.41) is 23.4. The predicted molar refractivity (Wildman–Crippen MR) is 356 cm³/mol. The van der Waals surface area contributed by atoms with Gasteiger partial charge in [-0.1, -0.05) is 372 Å². The molecule has 0 radical (unpaired) electrons. The molecule has 1 amide bonds. The number of hydrogen-bond acceptors (Lipinski definition) is 5. The Balaban J connectivity index is 3.41. The Labute approximate surface area is 507 Å². The molecule has 81 heavy (non-hydrogen) atoms. The average molecular weight is 1140 g/mol. The number of ether oxygens (including phenoxy) is 1. The molecule has 0 fully saturated rings. The number of amides is 1. The van der Waals surface area contributed by atoms with Crippen molar-refractivity contribution in [2.75, 3.05) is 13.2 Å². The van der Waals surface area contributed by atoms with Crippen molar-refractivity contribution in [3.05, 3.63) is 24.3 Å². The molecule has 0 heterocycles. The summed E-state index contributed by atoms with van der Waals surface area (Å²) in [7, 11) is 0. The van der Waals surface area contributed by atoms with Crippen LogP contribution in [0.2, 0.25) is 0 Å². The minimum absolute atomic E-state index is 0.0145. The number of carbonyl (C=O) groups excluding carboxylic acids is 2. The number of carbonyl (C=O) groups is 2. The number of esters is 1. The number of aliphatic hydroxyl groups is 2. The van der Waals surface area contributed by atoms with E-state index in [9.17, 15) is 19.8 Å². The molecule has 0 saturated heterocycles. The summed E-state index contributed by atoms with van der Waals surface area (Å²) in [6.45, 7) is 5.00. The second-order valence-electron chi connectivity index (χ2n) is 25.6. The first kappa shape index (κ1) is 79.3. The zero-order chi connectivity index (χ0) is 58.5. The van der Waals surface area contributed by atoms with Crippen molar-refractivity contribution in [3.8, 4) is 0 Å². The normalized spacial score (nSPS) is 12.6. The van der Waals surface area contributed by atoms with Gasteiger partial charge in [0.05, 0.1) is 25.4 Å². The maximum atomic E-state index is 12.6. The second kappa shape index (κ2) is 70.8. The zero-order valence-corrected chi connectivity index (χ0v) is 55.0. The van der Waals surface area contributed by atoms with E-state index in [0.717, 1.165) is 44.9 Å². The number of nitrogens with one attached hydrogen (secondary N) is 1. The maximum absolute atomic E-state index is 12.6. The molecule has 0 aromatic carbocycles. The summed E-state index contributed by atoms with van der Waals surface area (Å²) < 4.78 is 5.50. The fraction of sp³-hybridized carbons (Fsp3) is 0.920. The van der Waals surface area contributed by atoms with Crippen LogP contribution < -0.4 is 5.32 Å². The van der Waals surface area contributed by atoms with E-state index in [1.54, 1.807) is 0 Å². The van der Waals surface area contributed by atoms with E-state index in [1.807, 2.05) is 0 Å². The van der Waals surface area contributed by atoms with Gasteiger partial charge in [-0.15, -0.1) is 0 Å². The van der Waals surface area contributed by atoms with Crippen LogP contribution in [0.5, 0.6) is 0 Å². The molecule has 2 atom stereocenters. The quantitative estimate of drug-likeness (QED) is 0.0320. The number of rotatable bonds is 70. The number of aliphatic hydroxyl groups excluding tert-OH is 2. The zero-order valence-electron chi connectivity index (χ0n) is 55.0. The van der Waals surface area contributed by atoms with Crippen LogP contribution in [0.25, 0.3) is 0 Å². The largest absolute Gasteiger partial charge is 0.466 e. The molecular weight excluding hydrogens is 995 g/mol. The average Bonchev–Trinajstić information content (AvgIpc) is 3.47. The lowest BCUT2D eigenvalue weighted by molar-refractivity contribution is -0.143. The smallest absolute Gasteiger partial charge is 0.305 e. The maximum Gasteiger partial charge on any atom is 0.305 e. The molecule has 0 aromatic rings. The van der Waals surface area contributed by atoms with Crippen LogP contribution in [0.1, 0.15) is 418 Å². The Kier molecular flexibility index (Phi) is 69.4. The molecule has 0 aliphatic carbocycles. The van der Waals surface area contributed by atoms with Gasteiger partial charge in [0.15, 0.2) is 0 Å².